The Bertz CT molecular complexity index is 1030. The van der Waals surface area contributed by atoms with Crippen molar-refractivity contribution in [3.63, 3.8) is 0 Å². The zero-order chi connectivity index (χ0) is 30.8. The lowest BCUT2D eigenvalue weighted by atomic mass is 9.80. The van der Waals surface area contributed by atoms with Crippen LogP contribution in [-0.4, -0.2) is 56.3 Å². The highest BCUT2D eigenvalue weighted by molar-refractivity contribution is 5.24. The first-order valence-electron chi connectivity index (χ1n) is 17.6. The van der Waals surface area contributed by atoms with E-state index in [4.69, 9.17) is 23.7 Å². The summed E-state index contributed by atoms with van der Waals surface area (Å²) in [7, 11) is 0. The van der Waals surface area contributed by atoms with Crippen LogP contribution in [0.2, 0.25) is 0 Å². The van der Waals surface area contributed by atoms with Crippen molar-refractivity contribution in [2.45, 2.75) is 123 Å². The van der Waals surface area contributed by atoms with Crippen LogP contribution in [0.15, 0.2) is 54.1 Å². The molecule has 4 aliphatic rings. The molecular weight excluding hydrogens is 552 g/mol. The number of hydrogen-bond donors (Lipinski definition) is 1. The molecule has 2 heterocycles. The Balaban J connectivity index is 1.32. The summed E-state index contributed by atoms with van der Waals surface area (Å²) in [4.78, 5) is 0. The van der Waals surface area contributed by atoms with Crippen molar-refractivity contribution in [1.29, 1.82) is 0 Å². The number of rotatable bonds is 16. The third-order valence-corrected chi connectivity index (χ3v) is 10.4. The minimum Gasteiger partial charge on any atom is -0.396 e. The quantitative estimate of drug-likeness (QED) is 0.191. The van der Waals surface area contributed by atoms with Gasteiger partial charge in [0.05, 0.1) is 32.0 Å². The largest absolute Gasteiger partial charge is 0.396 e. The van der Waals surface area contributed by atoms with Gasteiger partial charge in [-0.2, -0.15) is 0 Å². The van der Waals surface area contributed by atoms with E-state index in [1.54, 1.807) is 0 Å². The van der Waals surface area contributed by atoms with Gasteiger partial charge in [-0.1, -0.05) is 87.7 Å². The maximum absolute atomic E-state index is 10.4. The number of allylic oxidation sites excluding steroid dienone is 1. The second kappa shape index (κ2) is 16.9. The molecule has 2 aliphatic carbocycles. The lowest BCUT2D eigenvalue weighted by Crippen LogP contribution is -2.37. The lowest BCUT2D eigenvalue weighted by molar-refractivity contribution is -0.198. The molecule has 3 fully saturated rings. The van der Waals surface area contributed by atoms with Gasteiger partial charge >= 0.3 is 0 Å². The van der Waals surface area contributed by atoms with E-state index in [1.165, 1.54) is 24.8 Å². The van der Waals surface area contributed by atoms with Crippen molar-refractivity contribution in [1.82, 2.24) is 0 Å². The fraction of sp³-hybridized carbons (Fsp3) is 0.737. The molecule has 1 aromatic carbocycles. The van der Waals surface area contributed by atoms with Crippen molar-refractivity contribution < 1.29 is 28.8 Å². The third kappa shape index (κ3) is 9.27. The van der Waals surface area contributed by atoms with Gasteiger partial charge in [-0.25, -0.2) is 0 Å². The molecular formula is C38H58O6. The zero-order valence-electron chi connectivity index (χ0n) is 27.5. The summed E-state index contributed by atoms with van der Waals surface area (Å²) in [6.45, 7) is 9.74. The summed E-state index contributed by atoms with van der Waals surface area (Å²) >= 11 is 0. The average molecular weight is 611 g/mol. The number of hydrogen-bond acceptors (Lipinski definition) is 6. The first-order chi connectivity index (χ1) is 21.5. The molecule has 6 heteroatoms. The van der Waals surface area contributed by atoms with Crippen LogP contribution >= 0.6 is 0 Å². The molecule has 1 N–H and O–H groups in total. The second-order valence-corrected chi connectivity index (χ2v) is 14.3. The summed E-state index contributed by atoms with van der Waals surface area (Å²) in [5.74, 6) is 1.16. The van der Waals surface area contributed by atoms with Crippen molar-refractivity contribution in [3.8, 4) is 0 Å². The summed E-state index contributed by atoms with van der Waals surface area (Å²) in [6, 6.07) is 10.3. The van der Waals surface area contributed by atoms with Gasteiger partial charge in [-0.05, 0) is 80.6 Å². The van der Waals surface area contributed by atoms with E-state index in [0.29, 0.717) is 25.0 Å². The van der Waals surface area contributed by atoms with Crippen LogP contribution in [0.1, 0.15) is 97.0 Å². The molecule has 2 saturated heterocycles. The Labute approximate surface area is 266 Å². The van der Waals surface area contributed by atoms with Crippen molar-refractivity contribution in [2.24, 2.45) is 29.1 Å². The fourth-order valence-electron chi connectivity index (χ4n) is 7.62. The molecule has 0 radical (unpaired) electrons. The minimum atomic E-state index is -0.127. The third-order valence-electron chi connectivity index (χ3n) is 10.4. The van der Waals surface area contributed by atoms with E-state index in [1.807, 2.05) is 18.2 Å². The molecule has 0 spiro atoms. The van der Waals surface area contributed by atoms with Crippen LogP contribution in [0, 0.1) is 29.1 Å². The first kappa shape index (κ1) is 33.8. The maximum Gasteiger partial charge on any atom is 0.158 e. The molecule has 3 unspecified atom stereocenters. The van der Waals surface area contributed by atoms with Crippen LogP contribution < -0.4 is 0 Å². The molecule has 44 heavy (non-hydrogen) atoms. The van der Waals surface area contributed by atoms with Crippen molar-refractivity contribution in [3.05, 3.63) is 59.7 Å². The van der Waals surface area contributed by atoms with Crippen LogP contribution in [0.4, 0.5) is 0 Å². The lowest BCUT2D eigenvalue weighted by Gasteiger charge is -2.36. The van der Waals surface area contributed by atoms with Gasteiger partial charge in [0.1, 0.15) is 0 Å². The highest BCUT2D eigenvalue weighted by Crippen LogP contribution is 2.50. The van der Waals surface area contributed by atoms with Gasteiger partial charge in [0, 0.05) is 25.0 Å². The average Bonchev–Trinajstić information content (AvgIpc) is 3.59. The molecule has 5 rings (SSSR count). The number of aliphatic hydroxyl groups is 1. The van der Waals surface area contributed by atoms with Gasteiger partial charge in [0.25, 0.3) is 0 Å². The predicted molar refractivity (Wildman–Crippen MR) is 174 cm³/mol. The first-order valence-corrected chi connectivity index (χ1v) is 17.6. The molecule has 0 amide bonds. The summed E-state index contributed by atoms with van der Waals surface area (Å²) in [5, 5.41) is 10.4. The highest BCUT2D eigenvalue weighted by Gasteiger charge is 2.46. The summed E-state index contributed by atoms with van der Waals surface area (Å²) in [6.07, 6.45) is 19.1. The van der Waals surface area contributed by atoms with Crippen molar-refractivity contribution in [2.75, 3.05) is 26.4 Å². The number of ether oxygens (including phenoxy) is 5. The second-order valence-electron chi connectivity index (χ2n) is 14.3. The standard InChI is InChI=1S/C38H58O6/c1-4-5-19-38(2,3)35(44-37-16-10-12-21-42-37)18-17-32-33-23-29(31(25-39)27-40-26-28-13-7-6-8-14-28)22-30(33)24-34(32)43-36-15-9-11-20-41-36/h6-8,13-14,17-18,23,30-37,39H,4-5,9-12,15-16,19-22,24-27H2,1-3H3/b18-17+/t30-,31?,32+,33-,34+,35+,36?,37?/m0/s1. The normalized spacial score (nSPS) is 30.8. The molecule has 246 valence electrons. The maximum atomic E-state index is 10.4. The molecule has 0 bridgehead atoms. The van der Waals surface area contributed by atoms with E-state index >= 15 is 0 Å². The Hall–Kier alpha value is -1.54. The Morgan fingerprint density at radius 1 is 1.02 bits per heavy atom. The van der Waals surface area contributed by atoms with Crippen molar-refractivity contribution >= 4 is 0 Å². The Morgan fingerprint density at radius 2 is 1.77 bits per heavy atom. The van der Waals surface area contributed by atoms with Crippen LogP contribution in [0.5, 0.6) is 0 Å². The number of fused-ring (bicyclic) bond motifs is 1. The number of aliphatic hydroxyl groups excluding tert-OH is 1. The Kier molecular flexibility index (Phi) is 13.0. The van der Waals surface area contributed by atoms with Crippen LogP contribution in [0.25, 0.3) is 0 Å². The number of benzene rings is 1. The van der Waals surface area contributed by atoms with Crippen LogP contribution in [0.3, 0.4) is 0 Å². The van der Waals surface area contributed by atoms with E-state index < -0.39 is 0 Å². The smallest absolute Gasteiger partial charge is 0.158 e. The fourth-order valence-corrected chi connectivity index (χ4v) is 7.62. The Morgan fingerprint density at radius 3 is 2.45 bits per heavy atom. The number of unbranched alkanes of at least 4 members (excludes halogenated alkanes) is 1. The van der Waals surface area contributed by atoms with Gasteiger partial charge in [-0.15, -0.1) is 0 Å². The monoisotopic (exact) mass is 610 g/mol. The highest BCUT2D eigenvalue weighted by atomic mass is 16.7. The van der Waals surface area contributed by atoms with Gasteiger partial charge in [0.15, 0.2) is 12.6 Å². The van der Waals surface area contributed by atoms with Gasteiger partial charge in [-0.3, -0.25) is 0 Å². The molecule has 0 aromatic heterocycles. The van der Waals surface area contributed by atoms with E-state index in [-0.39, 0.29) is 48.6 Å². The van der Waals surface area contributed by atoms with Crippen LogP contribution in [-0.2, 0) is 30.3 Å². The molecule has 1 saturated carbocycles. The van der Waals surface area contributed by atoms with E-state index in [9.17, 15) is 5.11 Å². The zero-order valence-corrected chi connectivity index (χ0v) is 27.5. The van der Waals surface area contributed by atoms with E-state index in [2.05, 4.69) is 51.1 Å². The minimum absolute atomic E-state index is 0.00289. The molecule has 6 nitrogen and oxygen atoms in total. The predicted octanol–water partition coefficient (Wildman–Crippen LogP) is 7.99. The molecule has 2 aliphatic heterocycles. The van der Waals surface area contributed by atoms with E-state index in [0.717, 1.165) is 70.1 Å². The SMILES string of the molecule is CCCCC(C)(C)[C@@H](/C=C/[C@@H]1[C@H]2C=C(C(CO)COCc3ccccc3)C[C@H]2C[C@H]1OC1CCCCO1)OC1CCCCO1. The van der Waals surface area contributed by atoms with Gasteiger partial charge in [0.2, 0.25) is 0 Å². The molecule has 1 aromatic rings. The van der Waals surface area contributed by atoms with Gasteiger partial charge < -0.3 is 28.8 Å². The summed E-state index contributed by atoms with van der Waals surface area (Å²) < 4.78 is 31.6. The molecule has 8 atom stereocenters. The summed E-state index contributed by atoms with van der Waals surface area (Å²) in [5.41, 5.74) is 2.50. The topological polar surface area (TPSA) is 66.4 Å².